The number of hydrogen-bond acceptors (Lipinski definition) is 3. The van der Waals surface area contributed by atoms with Crippen LogP contribution in [-0.4, -0.2) is 34.4 Å². The fourth-order valence-corrected chi connectivity index (χ4v) is 2.28. The smallest absolute Gasteiger partial charge is 0.306 e. The van der Waals surface area contributed by atoms with Gasteiger partial charge >= 0.3 is 5.97 Å². The Labute approximate surface area is 103 Å². The van der Waals surface area contributed by atoms with Crippen LogP contribution in [0, 0.1) is 5.92 Å². The number of nitrogens with one attached hydrogen (secondary N) is 1. The van der Waals surface area contributed by atoms with Crippen molar-refractivity contribution >= 4 is 5.97 Å². The van der Waals surface area contributed by atoms with E-state index < -0.39 is 11.6 Å². The number of carbonyl (C=O) groups is 1. The molecule has 1 aliphatic carbocycles. The van der Waals surface area contributed by atoms with Gasteiger partial charge in [0.1, 0.15) is 0 Å². The zero-order valence-electron chi connectivity index (χ0n) is 10.5. The molecule has 1 fully saturated rings. The van der Waals surface area contributed by atoms with Crippen LogP contribution in [0.4, 0.5) is 0 Å². The molecule has 4 heteroatoms. The monoisotopic (exact) mass is 241 g/mol. The average Bonchev–Trinajstić information content (AvgIpc) is 2.28. The second-order valence-electron chi connectivity index (χ2n) is 5.14. The van der Waals surface area contributed by atoms with Gasteiger partial charge in [-0.3, -0.25) is 4.79 Å². The van der Waals surface area contributed by atoms with E-state index in [9.17, 15) is 9.90 Å². The fourth-order valence-electron chi connectivity index (χ4n) is 2.28. The molecule has 0 aromatic heterocycles. The maximum Gasteiger partial charge on any atom is 0.306 e. The van der Waals surface area contributed by atoms with Crippen LogP contribution in [0.1, 0.15) is 39.0 Å². The van der Waals surface area contributed by atoms with Crippen LogP contribution in [0.5, 0.6) is 0 Å². The van der Waals surface area contributed by atoms with Crippen LogP contribution in [0.15, 0.2) is 12.7 Å². The lowest BCUT2D eigenvalue weighted by Crippen LogP contribution is -2.46. The molecule has 4 nitrogen and oxygen atoms in total. The van der Waals surface area contributed by atoms with Crippen LogP contribution in [0.3, 0.4) is 0 Å². The highest BCUT2D eigenvalue weighted by Gasteiger charge is 2.35. The second-order valence-corrected chi connectivity index (χ2v) is 5.14. The van der Waals surface area contributed by atoms with Crippen LogP contribution in [-0.2, 0) is 4.79 Å². The lowest BCUT2D eigenvalue weighted by atomic mass is 9.78. The van der Waals surface area contributed by atoms with Crippen molar-refractivity contribution in [3.8, 4) is 0 Å². The largest absolute Gasteiger partial charge is 0.481 e. The second kappa shape index (κ2) is 6.17. The van der Waals surface area contributed by atoms with Gasteiger partial charge in [-0.2, -0.15) is 0 Å². The molecule has 1 unspecified atom stereocenters. The van der Waals surface area contributed by atoms with Crippen molar-refractivity contribution in [2.75, 3.05) is 6.54 Å². The molecular weight excluding hydrogens is 218 g/mol. The van der Waals surface area contributed by atoms with Gasteiger partial charge in [-0.1, -0.05) is 6.08 Å². The Kier molecular flexibility index (Phi) is 5.15. The highest BCUT2D eigenvalue weighted by Crippen LogP contribution is 2.31. The molecule has 98 valence electrons. The molecule has 0 aliphatic heterocycles. The Balaban J connectivity index is 2.34. The number of hydrogen-bond donors (Lipinski definition) is 3. The van der Waals surface area contributed by atoms with Crippen molar-refractivity contribution in [2.24, 2.45) is 5.92 Å². The molecule has 1 saturated carbocycles. The number of aliphatic carboxylic acids is 1. The summed E-state index contributed by atoms with van der Waals surface area (Å²) in [4.78, 5) is 10.8. The van der Waals surface area contributed by atoms with E-state index in [1.54, 1.807) is 0 Å². The molecule has 1 atom stereocenters. The summed E-state index contributed by atoms with van der Waals surface area (Å²) in [6.45, 7) is 6.26. The molecule has 0 aromatic carbocycles. The average molecular weight is 241 g/mol. The first-order valence-corrected chi connectivity index (χ1v) is 6.26. The van der Waals surface area contributed by atoms with Crippen molar-refractivity contribution in [1.29, 1.82) is 0 Å². The third kappa shape index (κ3) is 4.48. The first-order chi connectivity index (χ1) is 7.97. The fraction of sp³-hybridized carbons (Fsp3) is 0.769. The molecule has 0 heterocycles. The van der Waals surface area contributed by atoms with Gasteiger partial charge in [0.2, 0.25) is 0 Å². The topological polar surface area (TPSA) is 69.6 Å². The summed E-state index contributed by atoms with van der Waals surface area (Å²) in [6, 6.07) is 0.300. The van der Waals surface area contributed by atoms with E-state index in [2.05, 4.69) is 11.9 Å². The molecule has 0 aromatic rings. The number of rotatable bonds is 6. The third-order valence-electron chi connectivity index (χ3n) is 3.57. The Hall–Kier alpha value is -0.870. The van der Waals surface area contributed by atoms with Gasteiger partial charge in [0.15, 0.2) is 0 Å². The minimum absolute atomic E-state index is 0.277. The maximum atomic E-state index is 10.8. The lowest BCUT2D eigenvalue weighted by Gasteiger charge is -2.35. The van der Waals surface area contributed by atoms with Crippen LogP contribution in [0.25, 0.3) is 0 Å². The molecule has 0 radical (unpaired) electrons. The third-order valence-corrected chi connectivity index (χ3v) is 3.57. The molecule has 0 spiro atoms. The summed E-state index contributed by atoms with van der Waals surface area (Å²) in [5.74, 6) is -1.01. The molecule has 17 heavy (non-hydrogen) atoms. The molecular formula is C13H23NO3. The van der Waals surface area contributed by atoms with E-state index >= 15 is 0 Å². The summed E-state index contributed by atoms with van der Waals surface area (Å²) in [5.41, 5.74) is -0.735. The van der Waals surface area contributed by atoms with Crippen molar-refractivity contribution in [3.63, 3.8) is 0 Å². The number of carboxylic acids is 1. The molecule has 0 amide bonds. The highest BCUT2D eigenvalue weighted by atomic mass is 16.4. The standard InChI is InChI=1S/C13H23NO3/c1-3-4-10(2)14-9-13(17)7-5-11(6-8-13)12(15)16/h3,10-11,14,17H,1,4-9H2,2H3,(H,15,16). The normalized spacial score (nSPS) is 30.8. The first-order valence-electron chi connectivity index (χ1n) is 6.26. The highest BCUT2D eigenvalue weighted by molar-refractivity contribution is 5.70. The molecule has 3 N–H and O–H groups in total. The van der Waals surface area contributed by atoms with Gasteiger partial charge in [-0.15, -0.1) is 6.58 Å². The number of aliphatic hydroxyl groups is 1. The van der Waals surface area contributed by atoms with Crippen LogP contribution >= 0.6 is 0 Å². The summed E-state index contributed by atoms with van der Waals surface area (Å²) in [5, 5.41) is 22.5. The Bertz CT molecular complexity index is 270. The Morgan fingerprint density at radius 2 is 2.18 bits per heavy atom. The van der Waals surface area contributed by atoms with Crippen molar-refractivity contribution in [3.05, 3.63) is 12.7 Å². The summed E-state index contributed by atoms with van der Waals surface area (Å²) in [6.07, 6.45) is 5.00. The summed E-state index contributed by atoms with van der Waals surface area (Å²) >= 11 is 0. The predicted octanol–water partition coefficient (Wildman–Crippen LogP) is 1.55. The summed E-state index contributed by atoms with van der Waals surface area (Å²) in [7, 11) is 0. The van der Waals surface area contributed by atoms with Gasteiger partial charge < -0.3 is 15.5 Å². The Morgan fingerprint density at radius 3 is 2.65 bits per heavy atom. The van der Waals surface area contributed by atoms with Gasteiger partial charge in [0.05, 0.1) is 11.5 Å². The molecule has 0 saturated heterocycles. The quantitative estimate of drug-likeness (QED) is 0.617. The van der Waals surface area contributed by atoms with Gasteiger partial charge in [0.25, 0.3) is 0 Å². The zero-order valence-corrected chi connectivity index (χ0v) is 10.5. The van der Waals surface area contributed by atoms with Crippen LogP contribution < -0.4 is 5.32 Å². The number of carboxylic acid groups (broad SMARTS) is 1. The Morgan fingerprint density at radius 1 is 1.59 bits per heavy atom. The van der Waals surface area contributed by atoms with Gasteiger partial charge in [0, 0.05) is 12.6 Å². The van der Waals surface area contributed by atoms with E-state index in [0.29, 0.717) is 38.3 Å². The van der Waals surface area contributed by atoms with E-state index in [4.69, 9.17) is 5.11 Å². The molecule has 1 aliphatic rings. The zero-order chi connectivity index (χ0) is 12.9. The minimum atomic E-state index is -0.736. The van der Waals surface area contributed by atoms with E-state index in [0.717, 1.165) is 6.42 Å². The van der Waals surface area contributed by atoms with Gasteiger partial charge in [-0.05, 0) is 39.0 Å². The van der Waals surface area contributed by atoms with Crippen molar-refractivity contribution < 1.29 is 15.0 Å². The predicted molar refractivity (Wildman–Crippen MR) is 66.8 cm³/mol. The summed E-state index contributed by atoms with van der Waals surface area (Å²) < 4.78 is 0. The SMILES string of the molecule is C=CCC(C)NCC1(O)CCC(C(=O)O)CC1. The van der Waals surface area contributed by atoms with E-state index in [1.165, 1.54) is 0 Å². The first kappa shape index (κ1) is 14.2. The van der Waals surface area contributed by atoms with Crippen LogP contribution in [0.2, 0.25) is 0 Å². The van der Waals surface area contributed by atoms with E-state index in [1.807, 2.05) is 13.0 Å². The maximum absolute atomic E-state index is 10.8. The molecule has 1 rings (SSSR count). The van der Waals surface area contributed by atoms with Crippen molar-refractivity contribution in [2.45, 2.75) is 50.7 Å². The van der Waals surface area contributed by atoms with Gasteiger partial charge in [-0.25, -0.2) is 0 Å². The van der Waals surface area contributed by atoms with E-state index in [-0.39, 0.29) is 5.92 Å². The molecule has 0 bridgehead atoms. The minimum Gasteiger partial charge on any atom is -0.481 e. The van der Waals surface area contributed by atoms with Crippen molar-refractivity contribution in [1.82, 2.24) is 5.32 Å². The lowest BCUT2D eigenvalue weighted by molar-refractivity contribution is -0.144.